The number of benzene rings is 2. The van der Waals surface area contributed by atoms with Gasteiger partial charge in [-0.25, -0.2) is 13.8 Å². The average molecular weight is 644 g/mol. The maximum atomic E-state index is 16.8. The van der Waals surface area contributed by atoms with Crippen LogP contribution in [-0.4, -0.2) is 75.4 Å². The molecular weight excluding hydrogens is 613 g/mol. The van der Waals surface area contributed by atoms with Gasteiger partial charge in [-0.05, 0) is 50.8 Å². The van der Waals surface area contributed by atoms with Gasteiger partial charge in [0, 0.05) is 36.1 Å². The Labute approximate surface area is 261 Å². The molecule has 4 aromatic rings. The summed E-state index contributed by atoms with van der Waals surface area (Å²) in [6.07, 6.45) is 0.252. The lowest BCUT2D eigenvalue weighted by Gasteiger charge is -2.46. The second-order valence-electron chi connectivity index (χ2n) is 11.2. The van der Waals surface area contributed by atoms with E-state index in [1.54, 1.807) is 25.7 Å². The molecule has 3 heterocycles. The number of alkyl halides is 3. The number of terminal acetylenes is 1. The Balaban J connectivity index is 1.79. The zero-order valence-corrected chi connectivity index (χ0v) is 25.5. The minimum absolute atomic E-state index is 0.00112. The van der Waals surface area contributed by atoms with Gasteiger partial charge in [-0.2, -0.15) is 23.1 Å². The van der Waals surface area contributed by atoms with Crippen molar-refractivity contribution >= 4 is 33.4 Å². The Bertz CT molecular complexity index is 1890. The fourth-order valence-corrected chi connectivity index (χ4v) is 5.86. The van der Waals surface area contributed by atoms with Crippen molar-refractivity contribution in [3.05, 3.63) is 41.5 Å². The summed E-state index contributed by atoms with van der Waals surface area (Å²) in [7, 11) is 1.26. The Morgan fingerprint density at radius 1 is 1.15 bits per heavy atom. The van der Waals surface area contributed by atoms with Crippen molar-refractivity contribution in [2.45, 2.75) is 58.5 Å². The zero-order chi connectivity index (χ0) is 33.7. The third kappa shape index (κ3) is 5.65. The first-order chi connectivity index (χ1) is 21.7. The lowest BCUT2D eigenvalue weighted by atomic mass is 9.95. The monoisotopic (exact) mass is 643 g/mol. The molecule has 2 unspecified atom stereocenters. The van der Waals surface area contributed by atoms with E-state index >= 15 is 4.39 Å². The number of pyridine rings is 1. The van der Waals surface area contributed by atoms with E-state index in [2.05, 4.69) is 20.9 Å². The van der Waals surface area contributed by atoms with E-state index in [0.717, 1.165) is 11.0 Å². The van der Waals surface area contributed by atoms with Crippen molar-refractivity contribution in [2.24, 2.45) is 0 Å². The molecule has 2 aromatic carbocycles. The van der Waals surface area contributed by atoms with Crippen LogP contribution in [0.2, 0.25) is 0 Å². The van der Waals surface area contributed by atoms with Gasteiger partial charge in [-0.15, -0.1) is 6.42 Å². The van der Waals surface area contributed by atoms with E-state index in [0.29, 0.717) is 5.39 Å². The molecule has 2 atom stereocenters. The number of hydrogen-bond acceptors (Lipinski definition) is 8. The SMILES string of the molecule is C#Cc1c(F)ccc2cc(O)cc(-c3nc(OC(C)C)c4c(N5CC(C)N(C(=O)C(F)(F)F)C(CC)C5)nc(OC)nc4c3F)c12. The van der Waals surface area contributed by atoms with Gasteiger partial charge in [0.25, 0.3) is 0 Å². The van der Waals surface area contributed by atoms with Crippen LogP contribution in [-0.2, 0) is 4.79 Å². The summed E-state index contributed by atoms with van der Waals surface area (Å²) in [5, 5.41) is 11.0. The Morgan fingerprint density at radius 3 is 2.48 bits per heavy atom. The summed E-state index contributed by atoms with van der Waals surface area (Å²) in [6.45, 7) is 6.37. The normalized spacial score (nSPS) is 17.1. The number of phenols is 1. The van der Waals surface area contributed by atoms with Crippen molar-refractivity contribution in [2.75, 3.05) is 25.1 Å². The van der Waals surface area contributed by atoms with Crippen LogP contribution in [0.15, 0.2) is 24.3 Å². The highest BCUT2D eigenvalue weighted by atomic mass is 19.4. The van der Waals surface area contributed by atoms with Crippen LogP contribution >= 0.6 is 0 Å². The predicted octanol–water partition coefficient (Wildman–Crippen LogP) is 5.98. The highest BCUT2D eigenvalue weighted by molar-refractivity contribution is 6.04. The third-order valence-corrected chi connectivity index (χ3v) is 7.73. The molecule has 14 heteroatoms. The number of rotatable bonds is 6. The van der Waals surface area contributed by atoms with Crippen LogP contribution in [0.3, 0.4) is 0 Å². The number of ether oxygens (including phenoxy) is 2. The molecule has 1 N–H and O–H groups in total. The number of aromatic hydroxyl groups is 1. The summed E-state index contributed by atoms with van der Waals surface area (Å²) in [5.41, 5.74) is -0.883. The van der Waals surface area contributed by atoms with Gasteiger partial charge in [0.1, 0.15) is 34.0 Å². The van der Waals surface area contributed by atoms with Crippen molar-refractivity contribution in [1.82, 2.24) is 19.9 Å². The molecule has 1 amide bonds. The molecule has 0 aliphatic carbocycles. The standard InChI is InChI=1S/C32H30F5N5O4/c1-7-18-14-41(13-16(5)42(18)30(44)32(35,36)37)28-24-27(39-31(40-28)45-6)25(34)26(38-29(24)46-15(3)4)21-12-19(43)11-17-9-10-22(33)20(8-2)23(17)21/h2,9-12,15-16,18,43H,7,13-14H2,1,3-6H3. The maximum Gasteiger partial charge on any atom is 0.471 e. The topological polar surface area (TPSA) is 101 Å². The van der Waals surface area contributed by atoms with Crippen molar-refractivity contribution in [3.63, 3.8) is 0 Å². The molecule has 1 fully saturated rings. The third-order valence-electron chi connectivity index (χ3n) is 7.73. The Kier molecular flexibility index (Phi) is 8.55. The number of carbonyl (C=O) groups is 1. The van der Waals surface area contributed by atoms with Crippen molar-refractivity contribution in [1.29, 1.82) is 0 Å². The van der Waals surface area contributed by atoms with E-state index in [9.17, 15) is 27.5 Å². The number of hydrogen-bond donors (Lipinski definition) is 1. The van der Waals surface area contributed by atoms with Gasteiger partial charge in [0.05, 0.1) is 18.8 Å². The first kappa shape index (κ1) is 32.5. The number of fused-ring (bicyclic) bond motifs is 2. The molecule has 9 nitrogen and oxygen atoms in total. The van der Waals surface area contributed by atoms with E-state index < -0.39 is 41.9 Å². The van der Waals surface area contributed by atoms with E-state index in [-0.39, 0.29) is 76.1 Å². The second kappa shape index (κ2) is 12.1. The quantitative estimate of drug-likeness (QED) is 0.202. The van der Waals surface area contributed by atoms with Gasteiger partial charge in [-0.1, -0.05) is 18.9 Å². The van der Waals surface area contributed by atoms with Gasteiger partial charge in [-0.3, -0.25) is 4.79 Å². The Hall–Kier alpha value is -4.93. The summed E-state index contributed by atoms with van der Waals surface area (Å²) in [4.78, 5) is 28.0. The molecule has 2 aromatic heterocycles. The lowest BCUT2D eigenvalue weighted by Crippen LogP contribution is -2.62. The molecular formula is C32H30F5N5O4. The summed E-state index contributed by atoms with van der Waals surface area (Å²) < 4.78 is 83.4. The minimum atomic E-state index is -5.06. The molecule has 0 spiro atoms. The van der Waals surface area contributed by atoms with Gasteiger partial charge in [0.15, 0.2) is 5.82 Å². The van der Waals surface area contributed by atoms with Crippen molar-refractivity contribution in [3.8, 4) is 41.2 Å². The predicted molar refractivity (Wildman–Crippen MR) is 161 cm³/mol. The molecule has 1 aliphatic heterocycles. The molecule has 1 aliphatic rings. The lowest BCUT2D eigenvalue weighted by molar-refractivity contribution is -0.190. The molecule has 1 saturated heterocycles. The fraction of sp³-hybridized carbons (Fsp3) is 0.375. The number of halogens is 5. The van der Waals surface area contributed by atoms with Crippen LogP contribution in [0.25, 0.3) is 32.9 Å². The fourth-order valence-electron chi connectivity index (χ4n) is 5.86. The highest BCUT2D eigenvalue weighted by Gasteiger charge is 2.48. The molecule has 0 bridgehead atoms. The van der Waals surface area contributed by atoms with Gasteiger partial charge >= 0.3 is 18.1 Å². The molecule has 0 saturated carbocycles. The molecule has 0 radical (unpaired) electrons. The number of methoxy groups -OCH3 is 1. The largest absolute Gasteiger partial charge is 0.508 e. The van der Waals surface area contributed by atoms with Crippen LogP contribution in [0, 0.1) is 24.0 Å². The molecule has 46 heavy (non-hydrogen) atoms. The van der Waals surface area contributed by atoms with Gasteiger partial charge < -0.3 is 24.4 Å². The van der Waals surface area contributed by atoms with E-state index in [4.69, 9.17) is 15.9 Å². The first-order valence-corrected chi connectivity index (χ1v) is 14.4. The van der Waals surface area contributed by atoms with E-state index in [1.165, 1.54) is 32.2 Å². The minimum Gasteiger partial charge on any atom is -0.508 e. The number of aromatic nitrogens is 3. The summed E-state index contributed by atoms with van der Waals surface area (Å²) in [5.74, 6) is -1.74. The van der Waals surface area contributed by atoms with Crippen LogP contribution in [0.1, 0.15) is 39.7 Å². The molecule has 242 valence electrons. The number of phenolic OH excluding ortho intramolecular Hbond substituents is 1. The van der Waals surface area contributed by atoms with E-state index in [1.807, 2.05) is 0 Å². The number of amides is 1. The number of anilines is 1. The maximum absolute atomic E-state index is 16.8. The zero-order valence-electron chi connectivity index (χ0n) is 25.5. The van der Waals surface area contributed by atoms with Gasteiger partial charge in [0.2, 0.25) is 5.88 Å². The van der Waals surface area contributed by atoms with Crippen molar-refractivity contribution < 1.29 is 41.3 Å². The first-order valence-electron chi connectivity index (χ1n) is 14.4. The highest BCUT2D eigenvalue weighted by Crippen LogP contribution is 2.43. The number of piperazine rings is 1. The molecule has 5 rings (SSSR count). The Morgan fingerprint density at radius 2 is 1.87 bits per heavy atom. The average Bonchev–Trinajstić information content (AvgIpc) is 3.00. The van der Waals surface area contributed by atoms with Crippen LogP contribution < -0.4 is 14.4 Å². The smallest absolute Gasteiger partial charge is 0.471 e. The summed E-state index contributed by atoms with van der Waals surface area (Å²) in [6, 6.07) is 3.03. The van der Waals surface area contributed by atoms with Crippen LogP contribution in [0.4, 0.5) is 27.8 Å². The second-order valence-corrected chi connectivity index (χ2v) is 11.2. The number of carbonyl (C=O) groups excluding carboxylic acids is 1. The van der Waals surface area contributed by atoms with Crippen LogP contribution in [0.5, 0.6) is 17.6 Å². The number of nitrogens with zero attached hydrogens (tertiary/aromatic N) is 5. The summed E-state index contributed by atoms with van der Waals surface area (Å²) >= 11 is 0.